The minimum Gasteiger partial charge on any atom is -0.466 e. The smallest absolute Gasteiger partial charge is 0.416 e. The fourth-order valence-corrected chi connectivity index (χ4v) is 3.69. The number of fused-ring (bicyclic) bond motifs is 1. The number of methoxy groups -OCH3 is 1. The Kier molecular flexibility index (Phi) is 5.00. The predicted molar refractivity (Wildman–Crippen MR) is 102 cm³/mol. The second kappa shape index (κ2) is 7.53. The highest BCUT2D eigenvalue weighted by atomic mass is 19.4. The van der Waals surface area contributed by atoms with E-state index in [1.54, 1.807) is 18.2 Å². The second-order valence-electron chi connectivity index (χ2n) is 6.83. The molecule has 10 heteroatoms. The number of benzene rings is 2. The number of carbonyl (C=O) groups excluding carboxylic acids is 2. The third-order valence-electron chi connectivity index (χ3n) is 5.08. The van der Waals surface area contributed by atoms with E-state index in [9.17, 15) is 22.8 Å². The molecule has 1 N–H and O–H groups in total. The van der Waals surface area contributed by atoms with Crippen molar-refractivity contribution >= 4 is 17.7 Å². The minimum atomic E-state index is -4.68. The molecule has 2 aromatic carbocycles. The van der Waals surface area contributed by atoms with Crippen molar-refractivity contribution < 1.29 is 37.0 Å². The van der Waals surface area contributed by atoms with Crippen molar-refractivity contribution in [3.8, 4) is 11.5 Å². The van der Waals surface area contributed by atoms with E-state index in [-0.39, 0.29) is 23.6 Å². The fourth-order valence-electron chi connectivity index (χ4n) is 3.69. The van der Waals surface area contributed by atoms with E-state index in [0.29, 0.717) is 17.2 Å². The number of nitrogens with zero attached hydrogens (tertiary/aromatic N) is 1. The van der Waals surface area contributed by atoms with Crippen LogP contribution < -0.4 is 19.7 Å². The Morgan fingerprint density at radius 3 is 2.58 bits per heavy atom. The van der Waals surface area contributed by atoms with Crippen LogP contribution in [-0.4, -0.2) is 25.9 Å². The van der Waals surface area contributed by atoms with Crippen LogP contribution in [0.2, 0.25) is 0 Å². The maximum atomic E-state index is 13.6. The molecule has 0 spiro atoms. The van der Waals surface area contributed by atoms with Gasteiger partial charge in [0, 0.05) is 11.8 Å². The van der Waals surface area contributed by atoms with Crippen molar-refractivity contribution in [2.24, 2.45) is 0 Å². The van der Waals surface area contributed by atoms with E-state index < -0.39 is 29.8 Å². The van der Waals surface area contributed by atoms with Gasteiger partial charge in [-0.3, -0.25) is 4.90 Å². The SMILES string of the molecule is COC(=O)C1=C(C)N(c2ccc3c(c2)OCO3)C(=O)NC1c1ccccc1C(F)(F)F. The first-order valence-electron chi connectivity index (χ1n) is 9.18. The molecule has 0 aromatic heterocycles. The van der Waals surface area contributed by atoms with E-state index in [1.807, 2.05) is 0 Å². The van der Waals surface area contributed by atoms with Crippen LogP contribution in [0.25, 0.3) is 0 Å². The van der Waals surface area contributed by atoms with Gasteiger partial charge in [0.1, 0.15) is 0 Å². The Labute approximate surface area is 175 Å². The highest BCUT2D eigenvalue weighted by molar-refractivity contribution is 6.03. The maximum Gasteiger partial charge on any atom is 0.416 e. The Bertz CT molecular complexity index is 1100. The number of carbonyl (C=O) groups is 2. The van der Waals surface area contributed by atoms with Crippen LogP contribution in [0.5, 0.6) is 11.5 Å². The lowest BCUT2D eigenvalue weighted by atomic mass is 9.91. The Morgan fingerprint density at radius 1 is 1.16 bits per heavy atom. The highest BCUT2D eigenvalue weighted by Crippen LogP contribution is 2.42. The summed E-state index contributed by atoms with van der Waals surface area (Å²) >= 11 is 0. The van der Waals surface area contributed by atoms with Crippen LogP contribution in [0.4, 0.5) is 23.7 Å². The zero-order chi connectivity index (χ0) is 22.3. The monoisotopic (exact) mass is 434 g/mol. The number of hydrogen-bond donors (Lipinski definition) is 1. The summed E-state index contributed by atoms with van der Waals surface area (Å²) < 4.78 is 56.2. The molecule has 0 fully saturated rings. The van der Waals surface area contributed by atoms with Crippen molar-refractivity contribution in [1.29, 1.82) is 0 Å². The standard InChI is InChI=1S/C21H17F3N2O5/c1-11-17(19(27)29-2)18(13-5-3-4-6-14(13)21(22,23)24)25-20(28)26(11)12-7-8-15-16(9-12)31-10-30-15/h3-9,18H,10H2,1-2H3,(H,25,28). The van der Waals surface area contributed by atoms with Crippen molar-refractivity contribution in [2.75, 3.05) is 18.8 Å². The van der Waals surface area contributed by atoms with E-state index in [1.165, 1.54) is 30.0 Å². The number of alkyl halides is 3. The summed E-state index contributed by atoms with van der Waals surface area (Å²) in [5, 5.41) is 2.51. The van der Waals surface area contributed by atoms with Crippen LogP contribution in [0.1, 0.15) is 24.1 Å². The fraction of sp³-hybridized carbons (Fsp3) is 0.238. The molecular formula is C21H17F3N2O5. The molecule has 2 aromatic rings. The number of ether oxygens (including phenoxy) is 3. The number of nitrogens with one attached hydrogen (secondary N) is 1. The molecular weight excluding hydrogens is 417 g/mol. The number of amides is 2. The van der Waals surface area contributed by atoms with Gasteiger partial charge in [-0.2, -0.15) is 13.2 Å². The number of anilines is 1. The number of esters is 1. The van der Waals surface area contributed by atoms with Gasteiger partial charge >= 0.3 is 18.2 Å². The van der Waals surface area contributed by atoms with Crippen molar-refractivity contribution in [3.63, 3.8) is 0 Å². The first-order chi connectivity index (χ1) is 14.7. The van der Waals surface area contributed by atoms with Crippen LogP contribution in [0.15, 0.2) is 53.7 Å². The maximum absolute atomic E-state index is 13.6. The molecule has 0 radical (unpaired) electrons. The number of rotatable bonds is 3. The average molecular weight is 434 g/mol. The molecule has 7 nitrogen and oxygen atoms in total. The van der Waals surface area contributed by atoms with Gasteiger partial charge < -0.3 is 19.5 Å². The zero-order valence-electron chi connectivity index (χ0n) is 16.4. The van der Waals surface area contributed by atoms with Gasteiger partial charge in [-0.05, 0) is 30.7 Å². The molecule has 1 atom stereocenters. The molecule has 4 rings (SSSR count). The number of allylic oxidation sites excluding steroid dienone is 1. The molecule has 31 heavy (non-hydrogen) atoms. The normalized spacial score (nSPS) is 18.2. The van der Waals surface area contributed by atoms with Crippen molar-refractivity contribution in [1.82, 2.24) is 5.32 Å². The molecule has 162 valence electrons. The summed E-state index contributed by atoms with van der Waals surface area (Å²) in [5.74, 6) is 0.0421. The third kappa shape index (κ3) is 3.54. The largest absolute Gasteiger partial charge is 0.466 e. The van der Waals surface area contributed by atoms with Crippen LogP contribution in [0.3, 0.4) is 0 Å². The van der Waals surface area contributed by atoms with Gasteiger partial charge in [0.15, 0.2) is 11.5 Å². The lowest BCUT2D eigenvalue weighted by molar-refractivity contribution is -0.139. The van der Waals surface area contributed by atoms with Crippen LogP contribution >= 0.6 is 0 Å². The molecule has 2 heterocycles. The third-order valence-corrected chi connectivity index (χ3v) is 5.08. The summed E-state index contributed by atoms with van der Waals surface area (Å²) in [4.78, 5) is 26.8. The molecule has 0 aliphatic carbocycles. The average Bonchev–Trinajstić information content (AvgIpc) is 3.20. The molecule has 0 bridgehead atoms. The number of hydrogen-bond acceptors (Lipinski definition) is 5. The predicted octanol–water partition coefficient (Wildman–Crippen LogP) is 4.15. The number of urea groups is 1. The lowest BCUT2D eigenvalue weighted by Crippen LogP contribution is -2.48. The first kappa shape index (κ1) is 20.6. The molecule has 2 aliphatic heterocycles. The molecule has 0 saturated carbocycles. The van der Waals surface area contributed by atoms with Gasteiger partial charge in [-0.25, -0.2) is 9.59 Å². The topological polar surface area (TPSA) is 77.1 Å². The second-order valence-corrected chi connectivity index (χ2v) is 6.83. The molecule has 0 saturated heterocycles. The molecule has 2 amide bonds. The van der Waals surface area contributed by atoms with Gasteiger partial charge in [0.25, 0.3) is 0 Å². The lowest BCUT2D eigenvalue weighted by Gasteiger charge is -2.36. The summed E-state index contributed by atoms with van der Waals surface area (Å²) in [6, 6.07) is 7.45. The van der Waals surface area contributed by atoms with E-state index in [4.69, 9.17) is 14.2 Å². The van der Waals surface area contributed by atoms with E-state index in [2.05, 4.69) is 5.32 Å². The summed E-state index contributed by atoms with van der Waals surface area (Å²) in [6.45, 7) is 1.50. The van der Waals surface area contributed by atoms with E-state index >= 15 is 0 Å². The van der Waals surface area contributed by atoms with Crippen LogP contribution in [-0.2, 0) is 15.7 Å². The highest BCUT2D eigenvalue weighted by Gasteiger charge is 2.42. The Morgan fingerprint density at radius 2 is 1.87 bits per heavy atom. The minimum absolute atomic E-state index is 0.0313. The quantitative estimate of drug-likeness (QED) is 0.735. The summed E-state index contributed by atoms with van der Waals surface area (Å²) in [5.41, 5.74) is -0.837. The zero-order valence-corrected chi connectivity index (χ0v) is 16.4. The van der Waals surface area contributed by atoms with Crippen LogP contribution in [0, 0.1) is 0 Å². The van der Waals surface area contributed by atoms with Gasteiger partial charge in [-0.1, -0.05) is 18.2 Å². The van der Waals surface area contributed by atoms with Crippen molar-refractivity contribution in [3.05, 3.63) is 64.9 Å². The van der Waals surface area contributed by atoms with Crippen molar-refractivity contribution in [2.45, 2.75) is 19.1 Å². The summed E-state index contributed by atoms with van der Waals surface area (Å²) in [6.07, 6.45) is -4.68. The van der Waals surface area contributed by atoms with Gasteiger partial charge in [0.2, 0.25) is 6.79 Å². The molecule has 1 unspecified atom stereocenters. The summed E-state index contributed by atoms with van der Waals surface area (Å²) in [7, 11) is 1.12. The van der Waals surface area contributed by atoms with Gasteiger partial charge in [-0.15, -0.1) is 0 Å². The Balaban J connectivity index is 1.86. The Hall–Kier alpha value is -3.69. The number of halogens is 3. The molecule has 2 aliphatic rings. The van der Waals surface area contributed by atoms with E-state index in [0.717, 1.165) is 13.2 Å². The van der Waals surface area contributed by atoms with Gasteiger partial charge in [0.05, 0.1) is 30.0 Å². The first-order valence-corrected chi connectivity index (χ1v) is 9.18.